The zero-order valence-electron chi connectivity index (χ0n) is 11.6. The van der Waals surface area contributed by atoms with Crippen molar-refractivity contribution in [1.29, 1.82) is 0 Å². The van der Waals surface area contributed by atoms with Crippen molar-refractivity contribution in [3.8, 4) is 0 Å². The van der Waals surface area contributed by atoms with Crippen LogP contribution in [0.25, 0.3) is 0 Å². The van der Waals surface area contributed by atoms with Crippen molar-refractivity contribution in [1.82, 2.24) is 5.32 Å². The number of rotatable bonds is 10. The summed E-state index contributed by atoms with van der Waals surface area (Å²) in [7, 11) is 2.14. The molecule has 16 heavy (non-hydrogen) atoms. The summed E-state index contributed by atoms with van der Waals surface area (Å²) in [5.74, 6) is 1.94. The van der Waals surface area contributed by atoms with Crippen LogP contribution >= 0.6 is 0 Å². The van der Waals surface area contributed by atoms with Crippen molar-refractivity contribution in [2.24, 2.45) is 11.8 Å². The Balaban J connectivity index is 2.00. The van der Waals surface area contributed by atoms with E-state index < -0.39 is 0 Å². The number of unbranched alkanes of at least 4 members (excludes halogenated alkanes) is 5. The molecule has 1 N–H and O–H groups in total. The minimum Gasteiger partial charge on any atom is -0.317 e. The molecule has 0 amide bonds. The number of nitrogens with one attached hydrogen (secondary N) is 1. The normalized spacial score (nSPS) is 19.7. The molecule has 0 bridgehead atoms. The summed E-state index contributed by atoms with van der Waals surface area (Å²) in [4.78, 5) is 0. The van der Waals surface area contributed by atoms with E-state index >= 15 is 0 Å². The summed E-state index contributed by atoms with van der Waals surface area (Å²) >= 11 is 0. The van der Waals surface area contributed by atoms with Gasteiger partial charge in [0.25, 0.3) is 0 Å². The summed E-state index contributed by atoms with van der Waals surface area (Å²) in [6.07, 6.45) is 12.9. The predicted octanol–water partition coefficient (Wildman–Crippen LogP) is 4.37. The van der Waals surface area contributed by atoms with Crippen molar-refractivity contribution < 1.29 is 0 Å². The lowest BCUT2D eigenvalue weighted by molar-refractivity contribution is 0.332. The van der Waals surface area contributed by atoms with Crippen LogP contribution in [0.1, 0.15) is 71.6 Å². The summed E-state index contributed by atoms with van der Waals surface area (Å²) in [5, 5.41) is 3.53. The van der Waals surface area contributed by atoms with Crippen molar-refractivity contribution in [3.63, 3.8) is 0 Å². The fourth-order valence-electron chi connectivity index (χ4n) is 2.77. The Morgan fingerprint density at radius 2 is 1.69 bits per heavy atom. The van der Waals surface area contributed by atoms with Gasteiger partial charge in [0.2, 0.25) is 0 Å². The van der Waals surface area contributed by atoms with Crippen molar-refractivity contribution >= 4 is 0 Å². The molecule has 96 valence electrons. The van der Waals surface area contributed by atoms with Crippen molar-refractivity contribution in [3.05, 3.63) is 0 Å². The first-order chi connectivity index (χ1) is 7.79. The summed E-state index contributed by atoms with van der Waals surface area (Å²) in [6, 6.07) is 0.777. The second-order valence-electron chi connectivity index (χ2n) is 5.65. The monoisotopic (exact) mass is 225 g/mol. The van der Waals surface area contributed by atoms with E-state index in [0.717, 1.165) is 17.9 Å². The third-order valence-corrected chi connectivity index (χ3v) is 4.24. The van der Waals surface area contributed by atoms with E-state index in [-0.39, 0.29) is 0 Å². The Morgan fingerprint density at radius 3 is 2.25 bits per heavy atom. The molecule has 0 spiro atoms. The van der Waals surface area contributed by atoms with Crippen molar-refractivity contribution in [2.75, 3.05) is 7.05 Å². The zero-order chi connectivity index (χ0) is 11.8. The third kappa shape index (κ3) is 5.34. The van der Waals surface area contributed by atoms with E-state index in [1.807, 2.05) is 0 Å². The van der Waals surface area contributed by atoms with Crippen LogP contribution in [0.2, 0.25) is 0 Å². The molecule has 2 atom stereocenters. The number of hydrogen-bond acceptors (Lipinski definition) is 1. The molecule has 1 rings (SSSR count). The lowest BCUT2D eigenvalue weighted by Gasteiger charge is -2.23. The van der Waals surface area contributed by atoms with E-state index in [1.165, 1.54) is 57.8 Å². The summed E-state index contributed by atoms with van der Waals surface area (Å²) in [5.41, 5.74) is 0. The predicted molar refractivity (Wildman–Crippen MR) is 72.7 cm³/mol. The Bertz CT molecular complexity index is 163. The van der Waals surface area contributed by atoms with Gasteiger partial charge in [-0.1, -0.05) is 52.4 Å². The van der Waals surface area contributed by atoms with Gasteiger partial charge in [0.15, 0.2) is 0 Å². The average Bonchev–Trinajstić information content (AvgIpc) is 3.11. The van der Waals surface area contributed by atoms with Gasteiger partial charge in [-0.15, -0.1) is 0 Å². The number of hydrogen-bond donors (Lipinski definition) is 1. The maximum absolute atomic E-state index is 3.53. The molecule has 0 saturated heterocycles. The Morgan fingerprint density at radius 1 is 1.06 bits per heavy atom. The van der Waals surface area contributed by atoms with Gasteiger partial charge in [-0.05, 0) is 38.1 Å². The molecule has 2 unspecified atom stereocenters. The fourth-order valence-corrected chi connectivity index (χ4v) is 2.77. The molecule has 0 aliphatic heterocycles. The molecule has 1 saturated carbocycles. The highest BCUT2D eigenvalue weighted by molar-refractivity contribution is 4.85. The smallest absolute Gasteiger partial charge is 0.00923 e. The molecule has 0 radical (unpaired) electrons. The van der Waals surface area contributed by atoms with Crippen LogP contribution in [0.3, 0.4) is 0 Å². The van der Waals surface area contributed by atoms with E-state index in [1.54, 1.807) is 0 Å². The molecule has 1 aliphatic carbocycles. The minimum absolute atomic E-state index is 0.777. The second kappa shape index (κ2) is 8.11. The van der Waals surface area contributed by atoms with Crippen LogP contribution < -0.4 is 5.32 Å². The lowest BCUT2D eigenvalue weighted by Crippen LogP contribution is -2.33. The van der Waals surface area contributed by atoms with Gasteiger partial charge in [0.05, 0.1) is 0 Å². The topological polar surface area (TPSA) is 12.0 Å². The van der Waals surface area contributed by atoms with Crippen LogP contribution in [0.15, 0.2) is 0 Å². The van der Waals surface area contributed by atoms with Gasteiger partial charge in [-0.25, -0.2) is 0 Å². The lowest BCUT2D eigenvalue weighted by atomic mass is 9.92. The van der Waals surface area contributed by atoms with E-state index in [4.69, 9.17) is 0 Å². The molecule has 1 heteroatoms. The quantitative estimate of drug-likeness (QED) is 0.544. The molecule has 1 nitrogen and oxygen atoms in total. The molecule has 0 heterocycles. The highest BCUT2D eigenvalue weighted by atomic mass is 14.9. The van der Waals surface area contributed by atoms with Gasteiger partial charge in [0, 0.05) is 6.04 Å². The second-order valence-corrected chi connectivity index (χ2v) is 5.65. The maximum Gasteiger partial charge on any atom is 0.00923 e. The third-order valence-electron chi connectivity index (χ3n) is 4.24. The van der Waals surface area contributed by atoms with Crippen LogP contribution in [0, 0.1) is 11.8 Å². The first-order valence-corrected chi connectivity index (χ1v) is 7.46. The molecular formula is C15H31N. The molecule has 0 aromatic heterocycles. The Hall–Kier alpha value is -0.0400. The highest BCUT2D eigenvalue weighted by Gasteiger charge is 2.32. The van der Waals surface area contributed by atoms with Gasteiger partial charge < -0.3 is 5.32 Å². The fraction of sp³-hybridized carbons (Fsp3) is 1.00. The zero-order valence-corrected chi connectivity index (χ0v) is 11.6. The van der Waals surface area contributed by atoms with Crippen molar-refractivity contribution in [2.45, 2.75) is 77.7 Å². The first-order valence-electron chi connectivity index (χ1n) is 7.46. The standard InChI is InChI=1S/C15H31N/c1-4-5-6-7-8-9-10-15(16-3)13(2)14-11-12-14/h13-16H,4-12H2,1-3H3. The first kappa shape index (κ1) is 14.0. The molecule has 0 aromatic rings. The Kier molecular flexibility index (Phi) is 7.11. The summed E-state index contributed by atoms with van der Waals surface area (Å²) < 4.78 is 0. The van der Waals surface area contributed by atoms with Gasteiger partial charge in [0.1, 0.15) is 0 Å². The molecule has 1 fully saturated rings. The largest absolute Gasteiger partial charge is 0.317 e. The van der Waals surface area contributed by atoms with Crippen LogP contribution in [-0.4, -0.2) is 13.1 Å². The minimum atomic E-state index is 0.777. The maximum atomic E-state index is 3.53. The van der Waals surface area contributed by atoms with Crippen LogP contribution in [-0.2, 0) is 0 Å². The van der Waals surface area contributed by atoms with Gasteiger partial charge in [-0.3, -0.25) is 0 Å². The SMILES string of the molecule is CCCCCCCCC(NC)C(C)C1CC1. The average molecular weight is 225 g/mol. The van der Waals surface area contributed by atoms with E-state index in [0.29, 0.717) is 0 Å². The molecule has 1 aliphatic rings. The molecular weight excluding hydrogens is 194 g/mol. The van der Waals surface area contributed by atoms with E-state index in [2.05, 4.69) is 26.2 Å². The van der Waals surface area contributed by atoms with E-state index in [9.17, 15) is 0 Å². The Labute approximate surface area is 102 Å². The molecule has 0 aromatic carbocycles. The van der Waals surface area contributed by atoms with Gasteiger partial charge in [-0.2, -0.15) is 0 Å². The van der Waals surface area contributed by atoms with Gasteiger partial charge >= 0.3 is 0 Å². The van der Waals surface area contributed by atoms with Crippen LogP contribution in [0.5, 0.6) is 0 Å². The van der Waals surface area contributed by atoms with Crippen LogP contribution in [0.4, 0.5) is 0 Å². The highest BCUT2D eigenvalue weighted by Crippen LogP contribution is 2.39. The summed E-state index contributed by atoms with van der Waals surface area (Å²) in [6.45, 7) is 4.73.